The van der Waals surface area contributed by atoms with Crippen LogP contribution in [0.4, 0.5) is 0 Å². The lowest BCUT2D eigenvalue weighted by Crippen LogP contribution is -2.47. The van der Waals surface area contributed by atoms with E-state index in [1.54, 1.807) is 0 Å². The maximum Gasteiger partial charge on any atom is 0.0558 e. The van der Waals surface area contributed by atoms with Crippen LogP contribution in [0.25, 0.3) is 0 Å². The van der Waals surface area contributed by atoms with Crippen LogP contribution in [0.5, 0.6) is 0 Å². The molecular weight excluding hydrogens is 272 g/mol. The molecule has 120 valence electrons. The van der Waals surface area contributed by atoms with E-state index in [1.165, 1.54) is 25.7 Å². The van der Waals surface area contributed by atoms with E-state index in [0.29, 0.717) is 10.1 Å². The second kappa shape index (κ2) is 5.57. The highest BCUT2D eigenvalue weighted by Gasteiger charge is 2.47. The van der Waals surface area contributed by atoms with Crippen molar-refractivity contribution >= 4 is 16.1 Å². The average molecular weight is 313 g/mol. The van der Waals surface area contributed by atoms with Gasteiger partial charge in [-0.25, -0.2) is 0 Å². The van der Waals surface area contributed by atoms with Crippen molar-refractivity contribution in [2.75, 3.05) is 0 Å². The van der Waals surface area contributed by atoms with Crippen molar-refractivity contribution in [2.45, 2.75) is 115 Å². The molecule has 0 amide bonds. The third-order valence-electron chi connectivity index (χ3n) is 7.63. The normalized spacial score (nSPS) is 26.7. The van der Waals surface area contributed by atoms with Crippen molar-refractivity contribution < 1.29 is 0 Å². The molecule has 0 bridgehead atoms. The second-order valence-electron chi connectivity index (χ2n) is 10.5. The first-order valence-corrected chi connectivity index (χ1v) is 14.9. The zero-order valence-electron chi connectivity index (χ0n) is 16.0. The van der Waals surface area contributed by atoms with Crippen molar-refractivity contribution in [3.8, 4) is 0 Å². The maximum atomic E-state index is 2.64. The minimum atomic E-state index is -1.12. The summed E-state index contributed by atoms with van der Waals surface area (Å²) in [6, 6.07) is 0. The van der Waals surface area contributed by atoms with Gasteiger partial charge in [0.2, 0.25) is 0 Å². The fourth-order valence-electron chi connectivity index (χ4n) is 3.76. The lowest BCUT2D eigenvalue weighted by Gasteiger charge is -2.50. The van der Waals surface area contributed by atoms with Gasteiger partial charge in [0.05, 0.1) is 16.1 Å². The molecule has 20 heavy (non-hydrogen) atoms. The van der Waals surface area contributed by atoms with Gasteiger partial charge in [-0.05, 0) is 21.2 Å². The summed E-state index contributed by atoms with van der Waals surface area (Å²) in [5.41, 5.74) is 2.12. The molecule has 0 atom stereocenters. The fourth-order valence-corrected chi connectivity index (χ4v) is 9.76. The SMILES string of the molecule is CC(C)(C)[Si](C)(C)C1CCC([Si](C)(C)C(C)(C)C)CC1. The molecular formula is C18H40Si2. The van der Waals surface area contributed by atoms with E-state index in [9.17, 15) is 0 Å². The standard InChI is InChI=1S/C18H40Si2/c1-17(2,3)19(7,8)15-11-13-16(14-12-15)20(9,10)18(4,5)6/h15-16H,11-14H2,1-10H3. The van der Waals surface area contributed by atoms with Crippen LogP contribution in [-0.2, 0) is 0 Å². The summed E-state index contributed by atoms with van der Waals surface area (Å²) in [5.74, 6) is 0. The third-order valence-corrected chi connectivity index (χ3v) is 20.6. The summed E-state index contributed by atoms with van der Waals surface area (Å²) < 4.78 is 0. The lowest BCUT2D eigenvalue weighted by molar-refractivity contribution is 0.459. The van der Waals surface area contributed by atoms with Gasteiger partial charge in [-0.3, -0.25) is 0 Å². The van der Waals surface area contributed by atoms with E-state index in [4.69, 9.17) is 0 Å². The Bertz CT molecular complexity index is 286. The quantitative estimate of drug-likeness (QED) is 0.469. The Hall–Kier alpha value is 0.434. The van der Waals surface area contributed by atoms with E-state index < -0.39 is 16.1 Å². The van der Waals surface area contributed by atoms with Crippen LogP contribution in [0.3, 0.4) is 0 Å². The summed E-state index contributed by atoms with van der Waals surface area (Å²) in [4.78, 5) is 0. The van der Waals surface area contributed by atoms with E-state index in [0.717, 1.165) is 11.1 Å². The number of hydrogen-bond donors (Lipinski definition) is 0. The zero-order chi connectivity index (χ0) is 16.0. The monoisotopic (exact) mass is 312 g/mol. The number of hydrogen-bond acceptors (Lipinski definition) is 0. The average Bonchev–Trinajstić information content (AvgIpc) is 2.26. The summed E-state index contributed by atoms with van der Waals surface area (Å²) in [6.45, 7) is 25.5. The summed E-state index contributed by atoms with van der Waals surface area (Å²) in [5, 5.41) is 1.11. The molecule has 1 fully saturated rings. The molecule has 1 rings (SSSR count). The first kappa shape index (κ1) is 18.5. The Labute approximate surface area is 131 Å². The highest BCUT2D eigenvalue weighted by atomic mass is 28.3. The Kier molecular flexibility index (Phi) is 5.15. The molecule has 0 aromatic carbocycles. The molecule has 0 heterocycles. The molecule has 0 N–H and O–H groups in total. The lowest BCUT2D eigenvalue weighted by atomic mass is 9.99. The van der Waals surface area contributed by atoms with Crippen LogP contribution in [0, 0.1) is 0 Å². The Morgan fingerprint density at radius 3 is 0.900 bits per heavy atom. The molecule has 1 aliphatic carbocycles. The van der Waals surface area contributed by atoms with Gasteiger partial charge in [-0.1, -0.05) is 93.4 Å². The van der Waals surface area contributed by atoms with Gasteiger partial charge in [0.25, 0.3) is 0 Å². The largest absolute Gasteiger partial charge is 0.0688 e. The van der Waals surface area contributed by atoms with Crippen molar-refractivity contribution in [3.63, 3.8) is 0 Å². The van der Waals surface area contributed by atoms with Gasteiger partial charge < -0.3 is 0 Å². The zero-order valence-corrected chi connectivity index (χ0v) is 18.0. The van der Waals surface area contributed by atoms with Gasteiger partial charge in [0.15, 0.2) is 0 Å². The van der Waals surface area contributed by atoms with Gasteiger partial charge in [0.1, 0.15) is 0 Å². The molecule has 0 saturated heterocycles. The Morgan fingerprint density at radius 1 is 0.550 bits per heavy atom. The molecule has 0 nitrogen and oxygen atoms in total. The van der Waals surface area contributed by atoms with Gasteiger partial charge in [0, 0.05) is 0 Å². The molecule has 0 radical (unpaired) electrons. The smallest absolute Gasteiger partial charge is 0.0558 e. The van der Waals surface area contributed by atoms with Crippen LogP contribution in [0.1, 0.15) is 67.2 Å². The predicted octanol–water partition coefficient (Wildman–Crippen LogP) is 7.32. The summed E-state index contributed by atoms with van der Waals surface area (Å²) in [6.07, 6.45) is 6.09. The molecule has 0 aliphatic heterocycles. The van der Waals surface area contributed by atoms with E-state index >= 15 is 0 Å². The van der Waals surface area contributed by atoms with Crippen LogP contribution < -0.4 is 0 Å². The topological polar surface area (TPSA) is 0 Å². The minimum Gasteiger partial charge on any atom is -0.0688 e. The van der Waals surface area contributed by atoms with Crippen molar-refractivity contribution in [1.29, 1.82) is 0 Å². The van der Waals surface area contributed by atoms with E-state index in [2.05, 4.69) is 67.7 Å². The Morgan fingerprint density at radius 2 is 0.750 bits per heavy atom. The van der Waals surface area contributed by atoms with Crippen LogP contribution >= 0.6 is 0 Å². The van der Waals surface area contributed by atoms with Crippen molar-refractivity contribution in [2.24, 2.45) is 0 Å². The maximum absolute atomic E-state index is 2.64. The van der Waals surface area contributed by atoms with Gasteiger partial charge in [-0.15, -0.1) is 0 Å². The molecule has 0 aromatic rings. The van der Waals surface area contributed by atoms with Crippen LogP contribution in [0.2, 0.25) is 47.3 Å². The third kappa shape index (κ3) is 3.43. The van der Waals surface area contributed by atoms with E-state index in [1.807, 2.05) is 0 Å². The minimum absolute atomic E-state index is 0.557. The number of rotatable bonds is 2. The van der Waals surface area contributed by atoms with Gasteiger partial charge in [-0.2, -0.15) is 0 Å². The highest BCUT2D eigenvalue weighted by Crippen LogP contribution is 2.55. The predicted molar refractivity (Wildman–Crippen MR) is 100 cm³/mol. The molecule has 0 aromatic heterocycles. The first-order chi connectivity index (χ1) is 8.71. The van der Waals surface area contributed by atoms with Gasteiger partial charge >= 0.3 is 0 Å². The highest BCUT2D eigenvalue weighted by molar-refractivity contribution is 6.82. The molecule has 1 saturated carbocycles. The van der Waals surface area contributed by atoms with Crippen LogP contribution in [-0.4, -0.2) is 16.1 Å². The second-order valence-corrected chi connectivity index (χ2v) is 22.0. The Balaban J connectivity index is 2.75. The molecule has 0 unspecified atom stereocenters. The van der Waals surface area contributed by atoms with Crippen molar-refractivity contribution in [1.82, 2.24) is 0 Å². The van der Waals surface area contributed by atoms with Crippen LogP contribution in [0.15, 0.2) is 0 Å². The first-order valence-electron chi connectivity index (χ1n) is 8.71. The molecule has 2 heteroatoms. The van der Waals surface area contributed by atoms with Crippen molar-refractivity contribution in [3.05, 3.63) is 0 Å². The summed E-state index contributed by atoms with van der Waals surface area (Å²) in [7, 11) is -2.25. The molecule has 0 spiro atoms. The fraction of sp³-hybridized carbons (Fsp3) is 1.00. The van der Waals surface area contributed by atoms with E-state index in [-0.39, 0.29) is 0 Å². The summed E-state index contributed by atoms with van der Waals surface area (Å²) >= 11 is 0. The molecule has 1 aliphatic rings.